The van der Waals surface area contributed by atoms with Gasteiger partial charge in [-0.1, -0.05) is 0 Å². The summed E-state index contributed by atoms with van der Waals surface area (Å²) in [4.78, 5) is 13.8. The molecule has 1 atom stereocenters. The first-order valence-corrected chi connectivity index (χ1v) is 5.58. The van der Waals surface area contributed by atoms with Gasteiger partial charge in [0.1, 0.15) is 0 Å². The number of carbonyl (C=O) groups is 1. The molecule has 1 saturated heterocycles. The summed E-state index contributed by atoms with van der Waals surface area (Å²) in [6.45, 7) is 1.39. The average molecular weight is 236 g/mol. The fraction of sp³-hybridized carbons (Fsp3) is 0.417. The monoisotopic (exact) mass is 236 g/mol. The molecule has 1 unspecified atom stereocenters. The van der Waals surface area contributed by atoms with Crippen molar-refractivity contribution in [3.05, 3.63) is 29.8 Å². The summed E-state index contributed by atoms with van der Waals surface area (Å²) < 4.78 is 5.30. The molecule has 1 aliphatic rings. The number of nitrogen functional groups attached to an aromatic ring is 1. The Morgan fingerprint density at radius 3 is 2.82 bits per heavy atom. The third-order valence-corrected chi connectivity index (χ3v) is 2.79. The van der Waals surface area contributed by atoms with E-state index in [9.17, 15) is 4.79 Å². The number of anilines is 1. The van der Waals surface area contributed by atoms with Crippen LogP contribution in [0.5, 0.6) is 0 Å². The van der Waals surface area contributed by atoms with Crippen molar-refractivity contribution >= 4 is 11.6 Å². The second-order valence-corrected chi connectivity index (χ2v) is 4.05. The zero-order chi connectivity index (χ0) is 12.3. The lowest BCUT2D eigenvalue weighted by Crippen LogP contribution is -2.46. The van der Waals surface area contributed by atoms with Gasteiger partial charge in [0.2, 0.25) is 0 Å². The topological polar surface area (TPSA) is 75.8 Å². The van der Waals surface area contributed by atoms with Crippen molar-refractivity contribution in [2.45, 2.75) is 6.10 Å². The van der Waals surface area contributed by atoms with Crippen LogP contribution in [0.2, 0.25) is 0 Å². The third-order valence-electron chi connectivity index (χ3n) is 2.79. The number of nitrogens with zero attached hydrogens (tertiary/aromatic N) is 1. The molecular formula is C12H16N2O3. The zero-order valence-electron chi connectivity index (χ0n) is 9.50. The van der Waals surface area contributed by atoms with Gasteiger partial charge in [-0.3, -0.25) is 4.79 Å². The lowest BCUT2D eigenvalue weighted by molar-refractivity contribution is -0.0447. The van der Waals surface area contributed by atoms with Crippen molar-refractivity contribution in [2.24, 2.45) is 0 Å². The number of carbonyl (C=O) groups excluding carboxylic acids is 1. The molecule has 1 aromatic rings. The number of benzene rings is 1. The van der Waals surface area contributed by atoms with E-state index in [2.05, 4.69) is 0 Å². The molecule has 17 heavy (non-hydrogen) atoms. The van der Waals surface area contributed by atoms with Crippen LogP contribution < -0.4 is 5.73 Å². The Morgan fingerprint density at radius 1 is 1.47 bits per heavy atom. The zero-order valence-corrected chi connectivity index (χ0v) is 9.50. The molecule has 2 rings (SSSR count). The Bertz CT molecular complexity index is 391. The van der Waals surface area contributed by atoms with Crippen LogP contribution >= 0.6 is 0 Å². The molecular weight excluding hydrogens is 220 g/mol. The van der Waals surface area contributed by atoms with Gasteiger partial charge in [0.25, 0.3) is 5.91 Å². The molecule has 3 N–H and O–H groups in total. The maximum Gasteiger partial charge on any atom is 0.254 e. The van der Waals surface area contributed by atoms with Gasteiger partial charge in [0, 0.05) is 24.3 Å². The Balaban J connectivity index is 2.06. The van der Waals surface area contributed by atoms with Gasteiger partial charge in [-0.25, -0.2) is 0 Å². The van der Waals surface area contributed by atoms with Crippen LogP contribution in [0.25, 0.3) is 0 Å². The van der Waals surface area contributed by atoms with Gasteiger partial charge in [-0.2, -0.15) is 0 Å². The van der Waals surface area contributed by atoms with Crippen LogP contribution in [0, 0.1) is 0 Å². The molecule has 92 valence electrons. The van der Waals surface area contributed by atoms with Crippen LogP contribution in [-0.2, 0) is 4.74 Å². The highest BCUT2D eigenvalue weighted by Gasteiger charge is 2.24. The molecule has 0 saturated carbocycles. The lowest BCUT2D eigenvalue weighted by Gasteiger charge is -2.32. The molecule has 1 fully saturated rings. The number of morpholine rings is 1. The van der Waals surface area contributed by atoms with Crippen molar-refractivity contribution in [1.82, 2.24) is 4.90 Å². The van der Waals surface area contributed by atoms with Crippen molar-refractivity contribution < 1.29 is 14.6 Å². The van der Waals surface area contributed by atoms with Gasteiger partial charge >= 0.3 is 0 Å². The van der Waals surface area contributed by atoms with Gasteiger partial charge in [0.15, 0.2) is 0 Å². The summed E-state index contributed by atoms with van der Waals surface area (Å²) in [6, 6.07) is 6.83. The number of hydrogen-bond donors (Lipinski definition) is 2. The first-order valence-electron chi connectivity index (χ1n) is 5.58. The lowest BCUT2D eigenvalue weighted by atomic mass is 10.1. The van der Waals surface area contributed by atoms with E-state index in [1.807, 2.05) is 0 Å². The Kier molecular flexibility index (Phi) is 3.61. The van der Waals surface area contributed by atoms with Gasteiger partial charge in [-0.15, -0.1) is 0 Å². The minimum Gasteiger partial charge on any atom is -0.399 e. The molecule has 5 heteroatoms. The largest absolute Gasteiger partial charge is 0.399 e. The van der Waals surface area contributed by atoms with Crippen molar-refractivity contribution in [3.8, 4) is 0 Å². The minimum absolute atomic E-state index is 0.0493. The maximum absolute atomic E-state index is 12.1. The highest BCUT2D eigenvalue weighted by molar-refractivity contribution is 5.94. The number of amides is 1. The number of hydrogen-bond acceptors (Lipinski definition) is 4. The van der Waals surface area contributed by atoms with Crippen LogP contribution in [-0.4, -0.2) is 48.3 Å². The van der Waals surface area contributed by atoms with Crippen molar-refractivity contribution in [3.63, 3.8) is 0 Å². The quantitative estimate of drug-likeness (QED) is 0.714. The molecule has 1 amide bonds. The summed E-state index contributed by atoms with van der Waals surface area (Å²) in [5, 5.41) is 9.02. The number of aliphatic hydroxyl groups is 1. The second-order valence-electron chi connectivity index (χ2n) is 4.05. The van der Waals surface area contributed by atoms with E-state index >= 15 is 0 Å². The third kappa shape index (κ3) is 2.75. The summed E-state index contributed by atoms with van der Waals surface area (Å²) in [6.07, 6.45) is -0.276. The normalized spacial score (nSPS) is 20.3. The summed E-state index contributed by atoms with van der Waals surface area (Å²) in [5.41, 5.74) is 6.82. The molecule has 0 bridgehead atoms. The fourth-order valence-electron chi connectivity index (χ4n) is 1.82. The Labute approximate surface area is 99.8 Å². The molecule has 1 heterocycles. The molecule has 5 nitrogen and oxygen atoms in total. The standard InChI is InChI=1S/C12H16N2O3/c13-10-3-1-9(2-4-10)12(16)14-5-6-17-11(7-14)8-15/h1-4,11,15H,5-8,13H2. The highest BCUT2D eigenvalue weighted by Crippen LogP contribution is 2.12. The van der Waals surface area contributed by atoms with E-state index in [0.717, 1.165) is 0 Å². The van der Waals surface area contributed by atoms with Crippen LogP contribution in [0.4, 0.5) is 5.69 Å². The molecule has 1 aliphatic heterocycles. The van der Waals surface area contributed by atoms with Gasteiger partial charge < -0.3 is 20.5 Å². The Morgan fingerprint density at radius 2 is 2.18 bits per heavy atom. The maximum atomic E-state index is 12.1. The molecule has 0 radical (unpaired) electrons. The summed E-state index contributed by atoms with van der Waals surface area (Å²) in [7, 11) is 0. The van der Waals surface area contributed by atoms with Crippen molar-refractivity contribution in [2.75, 3.05) is 32.0 Å². The number of nitrogens with two attached hydrogens (primary N) is 1. The van der Waals surface area contributed by atoms with E-state index in [0.29, 0.717) is 30.9 Å². The van der Waals surface area contributed by atoms with E-state index in [1.165, 1.54) is 0 Å². The predicted molar refractivity (Wildman–Crippen MR) is 63.6 cm³/mol. The highest BCUT2D eigenvalue weighted by atomic mass is 16.5. The predicted octanol–water partition coefficient (Wildman–Crippen LogP) is 0.102. The number of aliphatic hydroxyl groups excluding tert-OH is 1. The molecule has 0 aliphatic carbocycles. The Hall–Kier alpha value is -1.59. The summed E-state index contributed by atoms with van der Waals surface area (Å²) >= 11 is 0. The minimum atomic E-state index is -0.276. The molecule has 1 aromatic carbocycles. The van der Waals surface area contributed by atoms with E-state index in [-0.39, 0.29) is 18.6 Å². The second kappa shape index (κ2) is 5.16. The first-order chi connectivity index (χ1) is 8.20. The summed E-state index contributed by atoms with van der Waals surface area (Å²) in [5.74, 6) is -0.0493. The van der Waals surface area contributed by atoms with Gasteiger partial charge in [-0.05, 0) is 24.3 Å². The molecule has 0 spiro atoms. The number of rotatable bonds is 2. The van der Waals surface area contributed by atoms with E-state index in [1.54, 1.807) is 29.2 Å². The van der Waals surface area contributed by atoms with E-state index in [4.69, 9.17) is 15.6 Å². The van der Waals surface area contributed by atoms with Gasteiger partial charge in [0.05, 0.1) is 19.3 Å². The van der Waals surface area contributed by atoms with Crippen LogP contribution in [0.1, 0.15) is 10.4 Å². The first kappa shape index (κ1) is 11.9. The molecule has 0 aromatic heterocycles. The fourth-order valence-corrected chi connectivity index (χ4v) is 1.82. The number of ether oxygens (including phenoxy) is 1. The SMILES string of the molecule is Nc1ccc(C(=O)N2CCOC(CO)C2)cc1. The smallest absolute Gasteiger partial charge is 0.254 e. The average Bonchev–Trinajstić information content (AvgIpc) is 2.39. The van der Waals surface area contributed by atoms with E-state index < -0.39 is 0 Å². The van der Waals surface area contributed by atoms with Crippen LogP contribution in [0.15, 0.2) is 24.3 Å². The van der Waals surface area contributed by atoms with Crippen molar-refractivity contribution in [1.29, 1.82) is 0 Å². The van der Waals surface area contributed by atoms with Crippen LogP contribution in [0.3, 0.4) is 0 Å².